The topological polar surface area (TPSA) is 95.1 Å². The Morgan fingerprint density at radius 2 is 1.07 bits per heavy atom. The smallest absolute Gasteiger partial charge is 0.325 e. The Bertz CT molecular complexity index is 556. The van der Waals surface area contributed by atoms with E-state index in [4.69, 9.17) is 18.9 Å². The number of hydrogen-bond acceptors (Lipinski definition) is 8. The number of unbranched alkanes of at least 4 members (excludes halogenated alkanes) is 3. The van der Waals surface area contributed by atoms with E-state index in [9.17, 15) is 9.59 Å². The largest absolute Gasteiger partial charge is 0.462 e. The second-order valence-electron chi connectivity index (χ2n) is 10.3. The van der Waals surface area contributed by atoms with Crippen molar-refractivity contribution in [2.75, 3.05) is 39.6 Å². The Balaban J connectivity index is 1.49. The van der Waals surface area contributed by atoms with Gasteiger partial charge in [0.25, 0.3) is 0 Å². The Labute approximate surface area is 180 Å². The lowest BCUT2D eigenvalue weighted by atomic mass is 9.94. The average Bonchev–Trinajstić information content (AvgIpc) is 2.63. The summed E-state index contributed by atoms with van der Waals surface area (Å²) in [5, 5.41) is 6.67. The zero-order chi connectivity index (χ0) is 22.5. The van der Waals surface area contributed by atoms with Gasteiger partial charge in [0, 0.05) is 13.2 Å². The normalized spacial score (nSPS) is 30.6. The highest BCUT2D eigenvalue weighted by Crippen LogP contribution is 2.21. The molecule has 0 aromatic rings. The molecule has 0 radical (unpaired) electrons. The number of ether oxygens (including phenoxy) is 4. The molecule has 0 bridgehead atoms. The maximum Gasteiger partial charge on any atom is 0.325 e. The van der Waals surface area contributed by atoms with Crippen molar-refractivity contribution in [2.24, 2.45) is 0 Å². The van der Waals surface area contributed by atoms with Crippen LogP contribution in [0.5, 0.6) is 0 Å². The van der Waals surface area contributed by atoms with E-state index in [1.165, 1.54) is 0 Å². The number of esters is 2. The van der Waals surface area contributed by atoms with Gasteiger partial charge >= 0.3 is 11.9 Å². The van der Waals surface area contributed by atoms with Crippen molar-refractivity contribution in [2.45, 2.75) is 89.4 Å². The van der Waals surface area contributed by atoms with Gasteiger partial charge in [-0.05, 0) is 54.4 Å². The lowest BCUT2D eigenvalue weighted by molar-refractivity contribution is -0.164. The number of carbonyl (C=O) groups is 2. The highest BCUT2D eigenvalue weighted by molar-refractivity contribution is 5.81. The number of hydrogen-bond donors (Lipinski definition) is 2. The van der Waals surface area contributed by atoms with Gasteiger partial charge in [-0.2, -0.15) is 0 Å². The molecular formula is C22H40N2O6. The van der Waals surface area contributed by atoms with E-state index in [1.807, 2.05) is 41.5 Å². The van der Waals surface area contributed by atoms with E-state index in [1.54, 1.807) is 0 Å². The van der Waals surface area contributed by atoms with Gasteiger partial charge in [0.2, 0.25) is 0 Å². The fourth-order valence-corrected chi connectivity index (χ4v) is 4.01. The molecule has 2 atom stereocenters. The Kier molecular flexibility index (Phi) is 8.29. The van der Waals surface area contributed by atoms with Crippen LogP contribution in [0.3, 0.4) is 0 Å². The molecule has 2 aliphatic heterocycles. The van der Waals surface area contributed by atoms with Crippen LogP contribution < -0.4 is 10.6 Å². The van der Waals surface area contributed by atoms with Gasteiger partial charge in [-0.15, -0.1) is 0 Å². The summed E-state index contributed by atoms with van der Waals surface area (Å²) in [6.45, 7) is 14.4. The molecule has 2 saturated heterocycles. The van der Waals surface area contributed by atoms with E-state index in [-0.39, 0.29) is 23.0 Å². The van der Waals surface area contributed by atoms with Gasteiger partial charge in [-0.3, -0.25) is 20.2 Å². The van der Waals surface area contributed by atoms with E-state index in [2.05, 4.69) is 10.6 Å². The van der Waals surface area contributed by atoms with Crippen LogP contribution in [0.2, 0.25) is 0 Å². The number of carbonyl (C=O) groups excluding carboxylic acids is 2. The minimum atomic E-state index is -0.683. The van der Waals surface area contributed by atoms with Crippen LogP contribution in [-0.2, 0) is 28.5 Å². The monoisotopic (exact) mass is 428 g/mol. The maximum absolute atomic E-state index is 11.7. The number of morpholine rings is 2. The van der Waals surface area contributed by atoms with Gasteiger partial charge in [0.1, 0.15) is 24.3 Å². The van der Waals surface area contributed by atoms with Crippen LogP contribution in [-0.4, -0.2) is 73.7 Å². The van der Waals surface area contributed by atoms with Crippen molar-refractivity contribution < 1.29 is 28.5 Å². The molecule has 2 unspecified atom stereocenters. The summed E-state index contributed by atoms with van der Waals surface area (Å²) in [6, 6.07) is 0. The van der Waals surface area contributed by atoms with Crippen molar-refractivity contribution in [3.05, 3.63) is 0 Å². The third kappa shape index (κ3) is 7.18. The third-order valence-corrected chi connectivity index (χ3v) is 5.46. The fourth-order valence-electron chi connectivity index (χ4n) is 4.01. The van der Waals surface area contributed by atoms with Crippen molar-refractivity contribution in [1.29, 1.82) is 0 Å². The minimum Gasteiger partial charge on any atom is -0.462 e. The molecule has 0 aliphatic carbocycles. The summed E-state index contributed by atoms with van der Waals surface area (Å²) in [5.41, 5.74) is -2.06. The molecule has 8 heteroatoms. The Morgan fingerprint density at radius 1 is 0.700 bits per heavy atom. The van der Waals surface area contributed by atoms with Crippen LogP contribution in [0.1, 0.15) is 67.2 Å². The first-order chi connectivity index (χ1) is 13.9. The summed E-state index contributed by atoms with van der Waals surface area (Å²) in [4.78, 5) is 23.4. The Hall–Kier alpha value is -1.22. The molecule has 8 nitrogen and oxygen atoms in total. The molecule has 0 aromatic carbocycles. The van der Waals surface area contributed by atoms with Crippen molar-refractivity contribution >= 4 is 11.9 Å². The SMILES string of the molecule is CC1(COCCCCCCOCC2(C)COC(=O)C(C)(C)N2)COC(=O)C(C)(C)N1. The molecule has 0 spiro atoms. The van der Waals surface area contributed by atoms with Crippen molar-refractivity contribution in [1.82, 2.24) is 10.6 Å². The summed E-state index contributed by atoms with van der Waals surface area (Å²) < 4.78 is 22.2. The highest BCUT2D eigenvalue weighted by Gasteiger charge is 2.44. The summed E-state index contributed by atoms with van der Waals surface area (Å²) in [6.07, 6.45) is 4.13. The first-order valence-electron chi connectivity index (χ1n) is 11.0. The van der Waals surface area contributed by atoms with E-state index >= 15 is 0 Å². The molecule has 2 rings (SSSR count). The van der Waals surface area contributed by atoms with Gasteiger partial charge < -0.3 is 18.9 Å². The molecule has 0 aromatic heterocycles. The summed E-state index contributed by atoms with van der Waals surface area (Å²) in [7, 11) is 0. The van der Waals surface area contributed by atoms with E-state index < -0.39 is 11.1 Å². The van der Waals surface area contributed by atoms with Crippen molar-refractivity contribution in [3.63, 3.8) is 0 Å². The van der Waals surface area contributed by atoms with Gasteiger partial charge in [-0.25, -0.2) is 0 Å². The number of nitrogens with one attached hydrogen (secondary N) is 2. The van der Waals surface area contributed by atoms with Gasteiger partial charge in [-0.1, -0.05) is 12.8 Å². The van der Waals surface area contributed by atoms with Crippen LogP contribution >= 0.6 is 0 Å². The third-order valence-electron chi connectivity index (χ3n) is 5.46. The minimum absolute atomic E-state index is 0.222. The molecule has 30 heavy (non-hydrogen) atoms. The molecule has 2 aliphatic rings. The second kappa shape index (κ2) is 9.94. The van der Waals surface area contributed by atoms with E-state index in [0.29, 0.717) is 39.6 Å². The molecule has 2 fully saturated rings. The number of cyclic esters (lactones) is 2. The average molecular weight is 429 g/mol. The summed E-state index contributed by atoms with van der Waals surface area (Å²) >= 11 is 0. The molecule has 0 saturated carbocycles. The van der Waals surface area contributed by atoms with Crippen LogP contribution in [0, 0.1) is 0 Å². The highest BCUT2D eigenvalue weighted by atomic mass is 16.5. The predicted octanol–water partition coefficient (Wildman–Crippen LogP) is 1.95. The lowest BCUT2D eigenvalue weighted by Gasteiger charge is -2.42. The van der Waals surface area contributed by atoms with E-state index in [0.717, 1.165) is 25.7 Å². The molecule has 2 heterocycles. The maximum atomic E-state index is 11.7. The Morgan fingerprint density at radius 3 is 1.40 bits per heavy atom. The zero-order valence-corrected chi connectivity index (χ0v) is 19.5. The first kappa shape index (κ1) is 25.0. The quantitative estimate of drug-likeness (QED) is 0.381. The molecule has 0 amide bonds. The fraction of sp³-hybridized carbons (Fsp3) is 0.909. The predicted molar refractivity (Wildman–Crippen MR) is 113 cm³/mol. The van der Waals surface area contributed by atoms with Gasteiger partial charge in [0.05, 0.1) is 24.3 Å². The van der Waals surface area contributed by atoms with Crippen LogP contribution in [0.4, 0.5) is 0 Å². The van der Waals surface area contributed by atoms with Crippen LogP contribution in [0.15, 0.2) is 0 Å². The number of rotatable bonds is 11. The van der Waals surface area contributed by atoms with Gasteiger partial charge in [0.15, 0.2) is 0 Å². The molecule has 2 N–H and O–H groups in total. The standard InChI is InChI=1S/C22H40N2O6/c1-19(2)17(25)29-15-21(5,23-19)13-27-11-9-7-8-10-12-28-14-22(6)16-30-18(26)20(3,4)24-22/h23-24H,7-16H2,1-6H3. The summed E-state index contributed by atoms with van der Waals surface area (Å²) in [5.74, 6) is -0.444. The molecular weight excluding hydrogens is 388 g/mol. The first-order valence-corrected chi connectivity index (χ1v) is 11.0. The van der Waals surface area contributed by atoms with Crippen molar-refractivity contribution in [3.8, 4) is 0 Å². The second-order valence-corrected chi connectivity index (χ2v) is 10.3. The van der Waals surface area contributed by atoms with Crippen LogP contribution in [0.25, 0.3) is 0 Å². The molecule has 174 valence electrons. The lowest BCUT2D eigenvalue weighted by Crippen LogP contribution is -2.66. The zero-order valence-electron chi connectivity index (χ0n) is 19.5.